The molecule has 0 N–H and O–H groups in total. The Labute approximate surface area is 94.2 Å². The molecule has 1 unspecified atom stereocenters. The van der Waals surface area contributed by atoms with Crippen LogP contribution in [0.4, 0.5) is 0 Å². The van der Waals surface area contributed by atoms with Crippen LogP contribution in [0.1, 0.15) is 30.7 Å². The second-order valence-electron chi connectivity index (χ2n) is 4.01. The summed E-state index contributed by atoms with van der Waals surface area (Å²) in [7, 11) is 0. The molecule has 0 radical (unpaired) electrons. The van der Waals surface area contributed by atoms with Crippen molar-refractivity contribution in [2.24, 2.45) is 5.92 Å². The van der Waals surface area contributed by atoms with Crippen LogP contribution in [0.3, 0.4) is 0 Å². The number of rotatable bonds is 3. The molecular weight excluding hydrogens is 236 g/mol. The molecule has 0 aliphatic heterocycles. The van der Waals surface area contributed by atoms with E-state index in [-0.39, 0.29) is 0 Å². The minimum absolute atomic E-state index is 0.557. The first-order valence-electron chi connectivity index (χ1n) is 5.19. The Hall–Kier alpha value is -0.560. The zero-order chi connectivity index (χ0) is 9.97. The van der Waals surface area contributed by atoms with Crippen molar-refractivity contribution in [1.29, 1.82) is 0 Å². The third-order valence-electron chi connectivity index (χ3n) is 3.15. The topological polar surface area (TPSA) is 0 Å². The molecule has 0 amide bonds. The number of hydrogen-bond acceptors (Lipinski definition) is 0. The molecular formula is C13H15Br. The highest BCUT2D eigenvalue weighted by molar-refractivity contribution is 9.10. The highest BCUT2D eigenvalue weighted by Crippen LogP contribution is 2.40. The van der Waals surface area contributed by atoms with Gasteiger partial charge in [-0.2, -0.15) is 0 Å². The Morgan fingerprint density at radius 2 is 2.21 bits per heavy atom. The van der Waals surface area contributed by atoms with Gasteiger partial charge in [0, 0.05) is 10.4 Å². The molecule has 1 fully saturated rings. The fourth-order valence-electron chi connectivity index (χ4n) is 2.11. The van der Waals surface area contributed by atoms with Crippen LogP contribution in [-0.4, -0.2) is 0 Å². The summed E-state index contributed by atoms with van der Waals surface area (Å²) in [5.74, 6) is 1.39. The van der Waals surface area contributed by atoms with Gasteiger partial charge in [0.2, 0.25) is 0 Å². The van der Waals surface area contributed by atoms with E-state index in [0.29, 0.717) is 5.92 Å². The van der Waals surface area contributed by atoms with E-state index >= 15 is 0 Å². The van der Waals surface area contributed by atoms with Crippen molar-refractivity contribution < 1.29 is 0 Å². The maximum Gasteiger partial charge on any atom is 0.0178 e. The Balaban J connectivity index is 2.21. The predicted molar refractivity (Wildman–Crippen MR) is 64.4 cm³/mol. The Morgan fingerprint density at radius 1 is 1.43 bits per heavy atom. The molecule has 1 saturated carbocycles. The Morgan fingerprint density at radius 3 is 2.71 bits per heavy atom. The van der Waals surface area contributed by atoms with Crippen LogP contribution >= 0.6 is 15.9 Å². The molecule has 1 aromatic rings. The molecule has 0 spiro atoms. The maximum atomic E-state index is 3.95. The van der Waals surface area contributed by atoms with Gasteiger partial charge in [0.15, 0.2) is 0 Å². The fraction of sp³-hybridized carbons (Fsp3) is 0.385. The summed E-state index contributed by atoms with van der Waals surface area (Å²) >= 11 is 3.51. The minimum Gasteiger partial charge on any atom is -0.102 e. The molecule has 1 heteroatoms. The molecule has 0 heterocycles. The quantitative estimate of drug-likeness (QED) is 0.693. The molecule has 74 valence electrons. The monoisotopic (exact) mass is 250 g/mol. The highest BCUT2D eigenvalue weighted by Gasteiger charge is 2.26. The van der Waals surface area contributed by atoms with Crippen LogP contribution < -0.4 is 0 Å². The molecule has 0 saturated heterocycles. The van der Waals surface area contributed by atoms with Crippen molar-refractivity contribution in [2.75, 3.05) is 0 Å². The zero-order valence-electron chi connectivity index (χ0n) is 8.25. The summed E-state index contributed by atoms with van der Waals surface area (Å²) in [5, 5.41) is 0. The Bertz CT molecular complexity index is 326. The van der Waals surface area contributed by atoms with E-state index in [4.69, 9.17) is 0 Å². The molecule has 14 heavy (non-hydrogen) atoms. The van der Waals surface area contributed by atoms with Gasteiger partial charge in [0.05, 0.1) is 0 Å². The summed E-state index contributed by atoms with van der Waals surface area (Å²) in [5.41, 5.74) is 1.40. The van der Waals surface area contributed by atoms with E-state index in [1.54, 1.807) is 0 Å². The first kappa shape index (κ1) is 9.97. The second-order valence-corrected chi connectivity index (χ2v) is 4.92. The van der Waals surface area contributed by atoms with Gasteiger partial charge in [0.1, 0.15) is 0 Å². The van der Waals surface area contributed by atoms with Crippen molar-refractivity contribution in [1.82, 2.24) is 0 Å². The van der Waals surface area contributed by atoms with E-state index in [1.807, 2.05) is 0 Å². The Kier molecular flexibility index (Phi) is 3.07. The summed E-state index contributed by atoms with van der Waals surface area (Å²) < 4.78 is 1.17. The van der Waals surface area contributed by atoms with Gasteiger partial charge in [-0.15, -0.1) is 6.58 Å². The fourth-order valence-corrected chi connectivity index (χ4v) is 2.53. The first-order valence-corrected chi connectivity index (χ1v) is 5.98. The van der Waals surface area contributed by atoms with Crippen LogP contribution in [0.25, 0.3) is 0 Å². The van der Waals surface area contributed by atoms with E-state index in [9.17, 15) is 0 Å². The van der Waals surface area contributed by atoms with Crippen molar-refractivity contribution in [2.45, 2.75) is 25.2 Å². The van der Waals surface area contributed by atoms with Gasteiger partial charge >= 0.3 is 0 Å². The molecule has 2 rings (SSSR count). The number of hydrogen-bond donors (Lipinski definition) is 0. The lowest BCUT2D eigenvalue weighted by Crippen LogP contribution is -2.18. The SMILES string of the molecule is C=CC(c1cccc(Br)c1)C1CCC1. The smallest absolute Gasteiger partial charge is 0.0178 e. The molecule has 1 atom stereocenters. The lowest BCUT2D eigenvalue weighted by molar-refractivity contribution is 0.288. The molecule has 0 bridgehead atoms. The van der Waals surface area contributed by atoms with Gasteiger partial charge in [-0.05, 0) is 36.5 Å². The van der Waals surface area contributed by atoms with Gasteiger partial charge in [-0.3, -0.25) is 0 Å². The van der Waals surface area contributed by atoms with Crippen molar-refractivity contribution in [3.63, 3.8) is 0 Å². The largest absolute Gasteiger partial charge is 0.102 e. The molecule has 1 aromatic carbocycles. The molecule has 0 aromatic heterocycles. The minimum atomic E-state index is 0.557. The molecule has 1 aliphatic carbocycles. The standard InChI is InChI=1S/C13H15Br/c1-2-13(10-5-3-6-10)11-7-4-8-12(14)9-11/h2,4,7-10,13H,1,3,5-6H2. The highest BCUT2D eigenvalue weighted by atomic mass is 79.9. The third kappa shape index (κ3) is 1.93. The normalized spacial score (nSPS) is 18.6. The summed E-state index contributed by atoms with van der Waals surface area (Å²) in [4.78, 5) is 0. The number of halogens is 1. The molecule has 1 aliphatic rings. The predicted octanol–water partition coefficient (Wildman–Crippen LogP) is 4.52. The second kappa shape index (κ2) is 4.31. The van der Waals surface area contributed by atoms with Crippen LogP contribution in [0.15, 0.2) is 41.4 Å². The summed E-state index contributed by atoms with van der Waals surface area (Å²) in [6.45, 7) is 3.95. The molecule has 0 nitrogen and oxygen atoms in total. The van der Waals surface area contributed by atoms with E-state index in [0.717, 1.165) is 5.92 Å². The zero-order valence-corrected chi connectivity index (χ0v) is 9.83. The summed E-state index contributed by atoms with van der Waals surface area (Å²) in [6, 6.07) is 8.60. The number of benzene rings is 1. The van der Waals surface area contributed by atoms with Crippen molar-refractivity contribution >= 4 is 15.9 Å². The van der Waals surface area contributed by atoms with Crippen molar-refractivity contribution in [3.05, 3.63) is 47.0 Å². The van der Waals surface area contributed by atoms with Crippen LogP contribution in [0.5, 0.6) is 0 Å². The van der Waals surface area contributed by atoms with Crippen molar-refractivity contribution in [3.8, 4) is 0 Å². The number of allylic oxidation sites excluding steroid dienone is 1. The van der Waals surface area contributed by atoms with E-state index in [1.165, 1.54) is 29.3 Å². The van der Waals surface area contributed by atoms with Gasteiger partial charge in [-0.25, -0.2) is 0 Å². The first-order chi connectivity index (χ1) is 6.81. The maximum absolute atomic E-state index is 3.95. The van der Waals surface area contributed by atoms with Crippen LogP contribution in [0.2, 0.25) is 0 Å². The van der Waals surface area contributed by atoms with Gasteiger partial charge < -0.3 is 0 Å². The van der Waals surface area contributed by atoms with E-state index in [2.05, 4.69) is 52.9 Å². The third-order valence-corrected chi connectivity index (χ3v) is 3.64. The van der Waals surface area contributed by atoms with Gasteiger partial charge in [0.25, 0.3) is 0 Å². The lowest BCUT2D eigenvalue weighted by Gasteiger charge is -2.32. The lowest BCUT2D eigenvalue weighted by atomic mass is 9.73. The summed E-state index contributed by atoms with van der Waals surface area (Å²) in [6.07, 6.45) is 6.22. The average Bonchev–Trinajstić information content (AvgIpc) is 2.10. The van der Waals surface area contributed by atoms with Crippen LogP contribution in [-0.2, 0) is 0 Å². The average molecular weight is 251 g/mol. The van der Waals surface area contributed by atoms with Gasteiger partial charge in [-0.1, -0.05) is 40.6 Å². The van der Waals surface area contributed by atoms with Crippen LogP contribution in [0, 0.1) is 5.92 Å². The van der Waals surface area contributed by atoms with E-state index < -0.39 is 0 Å².